The van der Waals surface area contributed by atoms with E-state index in [0.717, 1.165) is 24.8 Å². The number of amides is 2. The van der Waals surface area contributed by atoms with Crippen LogP contribution in [0.15, 0.2) is 0 Å². The Kier molecular flexibility index (Phi) is 6.47. The number of fused-ring (bicyclic) bond motifs is 1. The van der Waals surface area contributed by atoms with E-state index in [1.54, 1.807) is 16.8 Å². The van der Waals surface area contributed by atoms with Crippen molar-refractivity contribution in [1.82, 2.24) is 9.80 Å². The quantitative estimate of drug-likeness (QED) is 0.823. The van der Waals surface area contributed by atoms with Crippen molar-refractivity contribution in [1.29, 1.82) is 5.26 Å². The maximum atomic E-state index is 12.4. The molecule has 1 aromatic heterocycles. The molecule has 1 aliphatic carbocycles. The second-order valence-electron chi connectivity index (χ2n) is 7.38. The van der Waals surface area contributed by atoms with Gasteiger partial charge in [-0.15, -0.1) is 11.3 Å². The summed E-state index contributed by atoms with van der Waals surface area (Å²) < 4.78 is 5.25. The number of anilines is 1. The molecule has 0 spiro atoms. The van der Waals surface area contributed by atoms with Crippen molar-refractivity contribution in [3.63, 3.8) is 0 Å². The zero-order chi connectivity index (χ0) is 19.4. The van der Waals surface area contributed by atoms with Gasteiger partial charge in [0.2, 0.25) is 11.8 Å². The Balaban J connectivity index is 1.56. The Morgan fingerprint density at radius 2 is 2.11 bits per heavy atom. The standard InChI is InChI=1S/C19H26N4O3S/c1-13-3-4-14-15(10-20)19(27-16(14)9-13)21-17(24)11-22(2)12-18(25)23-5-7-26-8-6-23/h13H,3-9,11-12H2,1-2H3,(H,21,24)/t13-/m1/s1. The molecule has 27 heavy (non-hydrogen) atoms. The van der Waals surface area contributed by atoms with Gasteiger partial charge < -0.3 is 15.0 Å². The third-order valence-corrected chi connectivity index (χ3v) is 6.23. The maximum absolute atomic E-state index is 12.4. The molecule has 1 atom stereocenters. The smallest absolute Gasteiger partial charge is 0.239 e. The zero-order valence-corrected chi connectivity index (χ0v) is 16.7. The van der Waals surface area contributed by atoms with Crippen LogP contribution in [0.4, 0.5) is 5.00 Å². The van der Waals surface area contributed by atoms with Crippen LogP contribution in [-0.4, -0.2) is 68.1 Å². The van der Waals surface area contributed by atoms with Gasteiger partial charge >= 0.3 is 0 Å². The number of ether oxygens (including phenoxy) is 1. The van der Waals surface area contributed by atoms with Gasteiger partial charge in [-0.3, -0.25) is 14.5 Å². The summed E-state index contributed by atoms with van der Waals surface area (Å²) in [6, 6.07) is 2.26. The summed E-state index contributed by atoms with van der Waals surface area (Å²) in [5.41, 5.74) is 1.72. The van der Waals surface area contributed by atoms with E-state index in [2.05, 4.69) is 18.3 Å². The highest BCUT2D eigenvalue weighted by atomic mass is 32.1. The average molecular weight is 391 g/mol. The summed E-state index contributed by atoms with van der Waals surface area (Å²) in [5, 5.41) is 13.1. The van der Waals surface area contributed by atoms with E-state index < -0.39 is 0 Å². The number of hydrogen-bond acceptors (Lipinski definition) is 6. The van der Waals surface area contributed by atoms with Crippen molar-refractivity contribution in [3.05, 3.63) is 16.0 Å². The van der Waals surface area contributed by atoms with E-state index in [1.165, 1.54) is 16.2 Å². The summed E-state index contributed by atoms with van der Waals surface area (Å²) in [6.45, 7) is 4.85. The van der Waals surface area contributed by atoms with Gasteiger partial charge in [0.25, 0.3) is 0 Å². The lowest BCUT2D eigenvalue weighted by Crippen LogP contribution is -2.46. The minimum Gasteiger partial charge on any atom is -0.378 e. The third-order valence-electron chi connectivity index (χ3n) is 5.06. The molecule has 1 aliphatic heterocycles. The van der Waals surface area contributed by atoms with Gasteiger partial charge in [-0.25, -0.2) is 0 Å². The van der Waals surface area contributed by atoms with Crippen LogP contribution >= 0.6 is 11.3 Å². The number of carbonyl (C=O) groups is 2. The Bertz CT molecular complexity index is 749. The van der Waals surface area contributed by atoms with Crippen LogP contribution in [0.5, 0.6) is 0 Å². The zero-order valence-electron chi connectivity index (χ0n) is 15.9. The molecule has 0 saturated carbocycles. The molecule has 2 amide bonds. The molecule has 0 aromatic carbocycles. The van der Waals surface area contributed by atoms with Gasteiger partial charge in [0, 0.05) is 18.0 Å². The number of morpholine rings is 1. The molecule has 3 rings (SSSR count). The van der Waals surface area contributed by atoms with Crippen molar-refractivity contribution in [3.8, 4) is 6.07 Å². The number of hydrogen-bond donors (Lipinski definition) is 1. The van der Waals surface area contributed by atoms with Gasteiger partial charge in [0.05, 0.1) is 31.9 Å². The molecule has 1 saturated heterocycles. The molecular formula is C19H26N4O3S. The van der Waals surface area contributed by atoms with E-state index in [4.69, 9.17) is 4.74 Å². The van der Waals surface area contributed by atoms with Gasteiger partial charge in [0.1, 0.15) is 11.1 Å². The van der Waals surface area contributed by atoms with Crippen LogP contribution in [-0.2, 0) is 27.2 Å². The van der Waals surface area contributed by atoms with Gasteiger partial charge in [-0.05, 0) is 37.8 Å². The predicted octanol–water partition coefficient (Wildman–Crippen LogP) is 1.47. The highest BCUT2D eigenvalue weighted by molar-refractivity contribution is 7.16. The molecule has 0 bridgehead atoms. The molecule has 2 heterocycles. The fraction of sp³-hybridized carbons (Fsp3) is 0.632. The maximum Gasteiger partial charge on any atom is 0.239 e. The molecular weight excluding hydrogens is 364 g/mol. The van der Waals surface area contributed by atoms with Gasteiger partial charge in [-0.1, -0.05) is 6.92 Å². The number of likely N-dealkylation sites (N-methyl/N-ethyl adjacent to an activating group) is 1. The van der Waals surface area contributed by atoms with Crippen molar-refractivity contribution in [2.75, 3.05) is 51.8 Å². The molecule has 7 nitrogen and oxygen atoms in total. The number of thiophene rings is 1. The average Bonchev–Trinajstić information content (AvgIpc) is 2.97. The minimum atomic E-state index is -0.199. The van der Waals surface area contributed by atoms with Crippen molar-refractivity contribution in [2.24, 2.45) is 5.92 Å². The summed E-state index contributed by atoms with van der Waals surface area (Å²) in [6.07, 6.45) is 2.95. The Labute approximate surface area is 163 Å². The number of carbonyl (C=O) groups excluding carboxylic acids is 2. The first-order valence-electron chi connectivity index (χ1n) is 9.36. The van der Waals surface area contributed by atoms with Crippen LogP contribution in [0.2, 0.25) is 0 Å². The molecule has 1 fully saturated rings. The first-order chi connectivity index (χ1) is 13.0. The largest absolute Gasteiger partial charge is 0.378 e. The normalized spacial score (nSPS) is 19.5. The number of rotatable bonds is 5. The van der Waals surface area contributed by atoms with Gasteiger partial charge in [0.15, 0.2) is 0 Å². The molecule has 1 N–H and O–H groups in total. The lowest BCUT2D eigenvalue weighted by Gasteiger charge is -2.28. The van der Waals surface area contributed by atoms with Crippen LogP contribution in [0.3, 0.4) is 0 Å². The molecule has 2 aliphatic rings. The molecule has 8 heteroatoms. The Morgan fingerprint density at radius 3 is 2.81 bits per heavy atom. The summed E-state index contributed by atoms with van der Waals surface area (Å²) >= 11 is 1.52. The number of nitriles is 1. The van der Waals surface area contributed by atoms with E-state index in [0.29, 0.717) is 42.8 Å². The Morgan fingerprint density at radius 1 is 1.37 bits per heavy atom. The SMILES string of the molecule is C[C@@H]1CCc2c(sc(NC(=O)CN(C)CC(=O)N3CCOCC3)c2C#N)C1. The van der Waals surface area contributed by atoms with Crippen molar-refractivity contribution < 1.29 is 14.3 Å². The molecule has 1 aromatic rings. The lowest BCUT2D eigenvalue weighted by molar-refractivity contribution is -0.136. The number of nitrogens with zero attached hydrogens (tertiary/aromatic N) is 3. The van der Waals surface area contributed by atoms with Crippen LogP contribution in [0.1, 0.15) is 29.3 Å². The highest BCUT2D eigenvalue weighted by Gasteiger charge is 2.25. The first-order valence-corrected chi connectivity index (χ1v) is 10.2. The Hall–Kier alpha value is -1.95. The molecule has 0 radical (unpaired) electrons. The summed E-state index contributed by atoms with van der Waals surface area (Å²) in [7, 11) is 1.75. The number of nitrogens with one attached hydrogen (secondary N) is 1. The summed E-state index contributed by atoms with van der Waals surface area (Å²) in [4.78, 5) is 29.4. The predicted molar refractivity (Wildman–Crippen MR) is 104 cm³/mol. The van der Waals surface area contributed by atoms with Crippen molar-refractivity contribution >= 4 is 28.2 Å². The fourth-order valence-corrected chi connectivity index (χ4v) is 4.95. The van der Waals surface area contributed by atoms with E-state index in [1.807, 2.05) is 0 Å². The first kappa shape index (κ1) is 19.8. The van der Waals surface area contributed by atoms with Crippen LogP contribution in [0.25, 0.3) is 0 Å². The second kappa shape index (κ2) is 8.83. The topological polar surface area (TPSA) is 85.7 Å². The van der Waals surface area contributed by atoms with Crippen LogP contribution < -0.4 is 5.32 Å². The van der Waals surface area contributed by atoms with Crippen molar-refractivity contribution in [2.45, 2.75) is 26.2 Å². The van der Waals surface area contributed by atoms with Gasteiger partial charge in [-0.2, -0.15) is 5.26 Å². The lowest BCUT2D eigenvalue weighted by atomic mass is 9.89. The molecule has 0 unspecified atom stereocenters. The summed E-state index contributed by atoms with van der Waals surface area (Å²) in [5.74, 6) is 0.422. The molecule has 146 valence electrons. The minimum absolute atomic E-state index is 0.00638. The second-order valence-corrected chi connectivity index (χ2v) is 8.49. The monoisotopic (exact) mass is 390 g/mol. The van der Waals surface area contributed by atoms with E-state index in [-0.39, 0.29) is 24.9 Å². The van der Waals surface area contributed by atoms with Crippen LogP contribution in [0, 0.1) is 17.2 Å². The highest BCUT2D eigenvalue weighted by Crippen LogP contribution is 2.39. The third kappa shape index (κ3) is 4.86. The van der Waals surface area contributed by atoms with E-state index >= 15 is 0 Å². The van der Waals surface area contributed by atoms with E-state index in [9.17, 15) is 14.9 Å². The fourth-order valence-electron chi connectivity index (χ4n) is 3.57.